The van der Waals surface area contributed by atoms with Gasteiger partial charge in [0.05, 0.1) is 15.5 Å². The lowest BCUT2D eigenvalue weighted by molar-refractivity contribution is 0.0698. The fourth-order valence-corrected chi connectivity index (χ4v) is 7.06. The largest absolute Gasteiger partial charge is 0.336 e. The molecule has 1 aliphatic rings. The summed E-state index contributed by atoms with van der Waals surface area (Å²) < 4.78 is 54.5. The Morgan fingerprint density at radius 1 is 0.784 bits per heavy atom. The second kappa shape index (κ2) is 10.9. The summed E-state index contributed by atoms with van der Waals surface area (Å²) in [6.07, 6.45) is 1.92. The number of anilines is 1. The third kappa shape index (κ3) is 5.69. The number of hydrogen-bond acceptors (Lipinski definition) is 6. The van der Waals surface area contributed by atoms with Crippen molar-refractivity contribution in [1.29, 1.82) is 0 Å². The van der Waals surface area contributed by atoms with Crippen molar-refractivity contribution >= 4 is 43.4 Å². The molecule has 0 spiro atoms. The molecule has 37 heavy (non-hydrogen) atoms. The van der Waals surface area contributed by atoms with Gasteiger partial charge in [-0.25, -0.2) is 16.8 Å². The van der Waals surface area contributed by atoms with E-state index in [1.807, 2.05) is 13.2 Å². The first kappa shape index (κ1) is 27.2. The van der Waals surface area contributed by atoms with E-state index in [0.717, 1.165) is 10.5 Å². The summed E-state index contributed by atoms with van der Waals surface area (Å²) in [4.78, 5) is 16.1. The van der Waals surface area contributed by atoms with Gasteiger partial charge in [-0.2, -0.15) is 4.31 Å². The maximum atomic E-state index is 13.0. The monoisotopic (exact) mass is 559 g/mol. The van der Waals surface area contributed by atoms with Crippen LogP contribution in [0.4, 0.5) is 5.69 Å². The van der Waals surface area contributed by atoms with Crippen LogP contribution in [0.2, 0.25) is 0 Å². The molecule has 11 heteroatoms. The first-order valence-electron chi connectivity index (χ1n) is 11.6. The van der Waals surface area contributed by atoms with E-state index in [-0.39, 0.29) is 41.9 Å². The number of amides is 1. The van der Waals surface area contributed by atoms with Crippen LogP contribution < -0.4 is 4.31 Å². The minimum absolute atomic E-state index is 0.186. The van der Waals surface area contributed by atoms with Crippen molar-refractivity contribution in [3.8, 4) is 0 Å². The van der Waals surface area contributed by atoms with Gasteiger partial charge in [0, 0.05) is 43.7 Å². The molecule has 0 saturated carbocycles. The highest BCUT2D eigenvalue weighted by atomic mass is 32.2. The number of hydrogen-bond donors (Lipinski definition) is 0. The number of benzene rings is 3. The Bertz CT molecular complexity index is 1460. The zero-order chi connectivity index (χ0) is 26.8. The molecule has 8 nitrogen and oxygen atoms in total. The van der Waals surface area contributed by atoms with Gasteiger partial charge in [0.15, 0.2) is 0 Å². The topological polar surface area (TPSA) is 95.1 Å². The minimum atomic E-state index is -3.75. The molecule has 0 aliphatic carbocycles. The molecule has 3 aromatic carbocycles. The summed E-state index contributed by atoms with van der Waals surface area (Å²) in [5, 5.41) is 0. The third-order valence-electron chi connectivity index (χ3n) is 6.38. The van der Waals surface area contributed by atoms with Gasteiger partial charge >= 0.3 is 0 Å². The molecule has 1 amide bonds. The Hall–Kier alpha value is -2.86. The van der Waals surface area contributed by atoms with Crippen LogP contribution in [0.15, 0.2) is 87.5 Å². The summed E-state index contributed by atoms with van der Waals surface area (Å²) in [7, 11) is -5.89. The molecule has 1 fully saturated rings. The Morgan fingerprint density at radius 3 is 1.86 bits per heavy atom. The minimum Gasteiger partial charge on any atom is -0.336 e. The van der Waals surface area contributed by atoms with Crippen molar-refractivity contribution in [2.75, 3.05) is 43.8 Å². The van der Waals surface area contributed by atoms with Crippen molar-refractivity contribution in [2.45, 2.75) is 21.6 Å². The number of thioether (sulfide) groups is 1. The number of rotatable bonds is 7. The van der Waals surface area contributed by atoms with Crippen molar-refractivity contribution in [3.63, 3.8) is 0 Å². The summed E-state index contributed by atoms with van der Waals surface area (Å²) in [5.41, 5.74) is 1.82. The van der Waals surface area contributed by atoms with Crippen molar-refractivity contribution < 1.29 is 21.6 Å². The summed E-state index contributed by atoms with van der Waals surface area (Å²) in [5.74, 6) is -0.225. The maximum absolute atomic E-state index is 13.0. The van der Waals surface area contributed by atoms with Crippen molar-refractivity contribution in [3.05, 3.63) is 83.9 Å². The van der Waals surface area contributed by atoms with E-state index in [2.05, 4.69) is 0 Å². The molecule has 1 saturated heterocycles. The number of carbonyl (C=O) groups is 1. The van der Waals surface area contributed by atoms with Crippen LogP contribution in [-0.2, 0) is 20.0 Å². The van der Waals surface area contributed by atoms with Gasteiger partial charge in [-0.05, 0) is 73.8 Å². The quantitative estimate of drug-likeness (QED) is 0.410. The van der Waals surface area contributed by atoms with Crippen LogP contribution in [0, 0.1) is 6.92 Å². The lowest BCUT2D eigenvalue weighted by Gasteiger charge is -2.34. The number of nitrogens with zero attached hydrogens (tertiary/aromatic N) is 3. The highest BCUT2D eigenvalue weighted by Crippen LogP contribution is 2.25. The Morgan fingerprint density at radius 2 is 1.32 bits per heavy atom. The molecule has 0 N–H and O–H groups in total. The van der Waals surface area contributed by atoms with E-state index < -0.39 is 20.0 Å². The zero-order valence-corrected chi connectivity index (χ0v) is 23.3. The van der Waals surface area contributed by atoms with Gasteiger partial charge < -0.3 is 4.90 Å². The van der Waals surface area contributed by atoms with E-state index in [4.69, 9.17) is 0 Å². The fourth-order valence-electron chi connectivity index (χ4n) is 4.03. The first-order chi connectivity index (χ1) is 17.5. The van der Waals surface area contributed by atoms with Gasteiger partial charge in [0.25, 0.3) is 15.9 Å². The van der Waals surface area contributed by atoms with E-state index >= 15 is 0 Å². The molecular formula is C26H29N3O5S3. The van der Waals surface area contributed by atoms with Crippen LogP contribution >= 0.6 is 11.8 Å². The Kier molecular flexibility index (Phi) is 7.98. The highest BCUT2D eigenvalue weighted by Gasteiger charge is 2.30. The van der Waals surface area contributed by atoms with Gasteiger partial charge in [0.1, 0.15) is 0 Å². The number of piperazine rings is 1. The summed E-state index contributed by atoms with van der Waals surface area (Å²) >= 11 is 1.53. The van der Waals surface area contributed by atoms with Crippen LogP contribution in [0.5, 0.6) is 0 Å². The van der Waals surface area contributed by atoms with Crippen LogP contribution in [0.25, 0.3) is 0 Å². The van der Waals surface area contributed by atoms with E-state index in [0.29, 0.717) is 11.3 Å². The molecule has 0 radical (unpaired) electrons. The molecule has 0 bridgehead atoms. The summed E-state index contributed by atoms with van der Waals surface area (Å²) in [6, 6.07) is 19.8. The smallest absolute Gasteiger partial charge is 0.264 e. The van der Waals surface area contributed by atoms with E-state index in [1.165, 1.54) is 27.4 Å². The lowest BCUT2D eigenvalue weighted by atomic mass is 10.1. The van der Waals surface area contributed by atoms with E-state index in [9.17, 15) is 21.6 Å². The van der Waals surface area contributed by atoms with Gasteiger partial charge in [-0.1, -0.05) is 17.7 Å². The average molecular weight is 560 g/mol. The Balaban J connectivity index is 1.41. The van der Waals surface area contributed by atoms with Crippen molar-refractivity contribution in [1.82, 2.24) is 9.21 Å². The molecule has 4 rings (SSSR count). The predicted molar refractivity (Wildman–Crippen MR) is 146 cm³/mol. The third-order valence-corrected chi connectivity index (χ3v) is 10.8. The molecular weight excluding hydrogens is 531 g/mol. The van der Waals surface area contributed by atoms with Crippen molar-refractivity contribution in [2.24, 2.45) is 0 Å². The van der Waals surface area contributed by atoms with Crippen LogP contribution in [-0.4, -0.2) is 71.4 Å². The number of sulfonamides is 2. The molecule has 196 valence electrons. The second-order valence-electron chi connectivity index (χ2n) is 8.70. The van der Waals surface area contributed by atoms with Gasteiger partial charge in [-0.15, -0.1) is 11.8 Å². The van der Waals surface area contributed by atoms with Crippen LogP contribution in [0.3, 0.4) is 0 Å². The van der Waals surface area contributed by atoms with Gasteiger partial charge in [0.2, 0.25) is 10.0 Å². The molecule has 1 aliphatic heterocycles. The number of carbonyl (C=O) groups excluding carboxylic acids is 1. The molecule has 0 unspecified atom stereocenters. The zero-order valence-electron chi connectivity index (χ0n) is 20.9. The predicted octanol–water partition coefficient (Wildman–Crippen LogP) is 3.69. The molecule has 1 heterocycles. The first-order valence-corrected chi connectivity index (χ1v) is 15.7. The van der Waals surface area contributed by atoms with Gasteiger partial charge in [-0.3, -0.25) is 9.10 Å². The van der Waals surface area contributed by atoms with E-state index in [1.54, 1.807) is 77.7 Å². The Labute approximate surface area is 223 Å². The molecule has 0 atom stereocenters. The lowest BCUT2D eigenvalue weighted by Crippen LogP contribution is -2.50. The molecule has 0 aromatic heterocycles. The standard InChI is InChI=1S/C26H29N3O5S3/c1-20-4-12-25(13-5-20)37(33,34)29-18-16-28(17-19-29)26(30)21-6-8-22(9-7-21)27(2)36(31,32)24-14-10-23(35-3)11-15-24/h4-15H,16-19H2,1-3H3. The molecule has 3 aromatic rings. The fraction of sp³-hybridized carbons (Fsp3) is 0.269. The second-order valence-corrected chi connectivity index (χ2v) is 13.5. The summed E-state index contributed by atoms with van der Waals surface area (Å²) in [6.45, 7) is 2.85. The highest BCUT2D eigenvalue weighted by molar-refractivity contribution is 7.98. The average Bonchev–Trinajstić information content (AvgIpc) is 2.92. The number of aryl methyl sites for hydroxylation is 1. The SMILES string of the molecule is CSc1ccc(S(=O)(=O)N(C)c2ccc(C(=O)N3CCN(S(=O)(=O)c4ccc(C)cc4)CC3)cc2)cc1. The maximum Gasteiger partial charge on any atom is 0.264 e. The normalized spacial score (nSPS) is 14.9. The van der Waals surface area contributed by atoms with Crippen LogP contribution in [0.1, 0.15) is 15.9 Å².